The van der Waals surface area contributed by atoms with Crippen LogP contribution in [0.3, 0.4) is 0 Å². The van der Waals surface area contributed by atoms with E-state index in [1.807, 2.05) is 13.0 Å². The number of rotatable bonds is 4. The van der Waals surface area contributed by atoms with Crippen molar-refractivity contribution in [2.45, 2.75) is 6.92 Å². The Labute approximate surface area is 149 Å². The molecule has 0 unspecified atom stereocenters. The van der Waals surface area contributed by atoms with Gasteiger partial charge in [-0.3, -0.25) is 4.79 Å². The molecule has 132 valence electrons. The van der Waals surface area contributed by atoms with E-state index < -0.39 is 17.5 Å². The van der Waals surface area contributed by atoms with Crippen molar-refractivity contribution >= 4 is 23.0 Å². The van der Waals surface area contributed by atoms with Gasteiger partial charge in [-0.2, -0.15) is 0 Å². The quantitative estimate of drug-likeness (QED) is 0.767. The largest absolute Gasteiger partial charge is 0.340 e. The van der Waals surface area contributed by atoms with Crippen molar-refractivity contribution in [2.75, 3.05) is 17.3 Å². The number of hydrogen-bond donors (Lipinski definition) is 1. The second kappa shape index (κ2) is 7.26. The van der Waals surface area contributed by atoms with Crippen molar-refractivity contribution in [1.82, 2.24) is 9.97 Å². The summed E-state index contributed by atoms with van der Waals surface area (Å²) in [7, 11) is 1.56. The highest BCUT2D eigenvalue weighted by Gasteiger charge is 2.17. The second-order valence-corrected chi connectivity index (χ2v) is 5.77. The number of amides is 1. The molecule has 0 radical (unpaired) electrons. The lowest BCUT2D eigenvalue weighted by molar-refractivity contribution is 0.102. The van der Waals surface area contributed by atoms with Crippen LogP contribution in [0.5, 0.6) is 0 Å². The van der Waals surface area contributed by atoms with Crippen LogP contribution in [0.2, 0.25) is 0 Å². The van der Waals surface area contributed by atoms with Gasteiger partial charge in [-0.1, -0.05) is 17.7 Å². The minimum atomic E-state index is -1.06. The lowest BCUT2D eigenvalue weighted by Gasteiger charge is -2.20. The summed E-state index contributed by atoms with van der Waals surface area (Å²) < 4.78 is 28.3. The van der Waals surface area contributed by atoms with E-state index in [0.29, 0.717) is 11.3 Å². The molecule has 1 amide bonds. The standard InChI is InChI=1S/C19H16F2N4O/c1-12-4-3-5-13(6-12)19(26)24-14-7-16(20)18(21)17(8-14)25(2)15-9-22-11-23-10-15/h3-11H,1-2H3,(H,24,26). The zero-order valence-corrected chi connectivity index (χ0v) is 14.2. The van der Waals surface area contributed by atoms with Crippen molar-refractivity contribution in [1.29, 1.82) is 0 Å². The Morgan fingerprint density at radius 2 is 1.85 bits per heavy atom. The van der Waals surface area contributed by atoms with Crippen LogP contribution < -0.4 is 10.2 Å². The minimum Gasteiger partial charge on any atom is -0.340 e. The van der Waals surface area contributed by atoms with Crippen LogP contribution in [0, 0.1) is 18.6 Å². The number of halogens is 2. The summed E-state index contributed by atoms with van der Waals surface area (Å²) in [6.07, 6.45) is 4.29. The van der Waals surface area contributed by atoms with Crippen molar-refractivity contribution in [3.05, 3.63) is 77.9 Å². The molecular formula is C19H16F2N4O. The smallest absolute Gasteiger partial charge is 0.255 e. The van der Waals surface area contributed by atoms with Gasteiger partial charge in [0, 0.05) is 24.4 Å². The normalized spacial score (nSPS) is 10.5. The third kappa shape index (κ3) is 3.66. The van der Waals surface area contributed by atoms with E-state index >= 15 is 0 Å². The number of anilines is 3. The lowest BCUT2D eigenvalue weighted by atomic mass is 10.1. The molecule has 1 N–H and O–H groups in total. The lowest BCUT2D eigenvalue weighted by Crippen LogP contribution is -2.16. The Bertz CT molecular complexity index is 948. The molecule has 1 heterocycles. The van der Waals surface area contributed by atoms with Crippen LogP contribution in [0.4, 0.5) is 25.8 Å². The molecule has 1 aromatic heterocycles. The fraction of sp³-hybridized carbons (Fsp3) is 0.105. The minimum absolute atomic E-state index is 0.0423. The van der Waals surface area contributed by atoms with Gasteiger partial charge in [0.05, 0.1) is 23.8 Å². The molecule has 0 bridgehead atoms. The number of hydrogen-bond acceptors (Lipinski definition) is 4. The Hall–Kier alpha value is -3.35. The van der Waals surface area contributed by atoms with E-state index in [9.17, 15) is 13.6 Å². The number of carbonyl (C=O) groups is 1. The van der Waals surface area contributed by atoms with Crippen LogP contribution in [-0.2, 0) is 0 Å². The fourth-order valence-corrected chi connectivity index (χ4v) is 2.48. The van der Waals surface area contributed by atoms with Crippen LogP contribution in [0.25, 0.3) is 0 Å². The summed E-state index contributed by atoms with van der Waals surface area (Å²) in [5, 5.41) is 2.60. The van der Waals surface area contributed by atoms with Crippen LogP contribution >= 0.6 is 0 Å². The number of benzene rings is 2. The summed E-state index contributed by atoms with van der Waals surface area (Å²) in [5.74, 6) is -2.49. The number of nitrogens with one attached hydrogen (secondary N) is 1. The maximum Gasteiger partial charge on any atom is 0.255 e. The molecule has 0 spiro atoms. The Kier molecular flexibility index (Phi) is 4.88. The van der Waals surface area contributed by atoms with Crippen molar-refractivity contribution in [3.63, 3.8) is 0 Å². The number of aromatic nitrogens is 2. The molecule has 7 heteroatoms. The van der Waals surface area contributed by atoms with Gasteiger partial charge in [-0.15, -0.1) is 0 Å². The van der Waals surface area contributed by atoms with E-state index in [1.54, 1.807) is 25.2 Å². The van der Waals surface area contributed by atoms with Gasteiger partial charge in [0.1, 0.15) is 6.33 Å². The average Bonchev–Trinajstić information content (AvgIpc) is 2.64. The highest BCUT2D eigenvalue weighted by Crippen LogP contribution is 2.30. The van der Waals surface area contributed by atoms with Gasteiger partial charge in [0.25, 0.3) is 5.91 Å². The number of carbonyl (C=O) groups excluding carboxylic acids is 1. The number of nitrogens with zero attached hydrogens (tertiary/aromatic N) is 3. The Morgan fingerprint density at radius 1 is 1.12 bits per heavy atom. The fourth-order valence-electron chi connectivity index (χ4n) is 2.48. The van der Waals surface area contributed by atoms with Crippen LogP contribution in [-0.4, -0.2) is 22.9 Å². The zero-order chi connectivity index (χ0) is 18.7. The molecule has 2 aromatic carbocycles. The average molecular weight is 354 g/mol. The highest BCUT2D eigenvalue weighted by molar-refractivity contribution is 6.04. The molecule has 3 rings (SSSR count). The van der Waals surface area contributed by atoms with E-state index in [-0.39, 0.29) is 11.4 Å². The summed E-state index contributed by atoms with van der Waals surface area (Å²) in [5.41, 5.74) is 1.94. The molecule has 5 nitrogen and oxygen atoms in total. The molecule has 0 saturated carbocycles. The Balaban J connectivity index is 1.92. The monoisotopic (exact) mass is 354 g/mol. The second-order valence-electron chi connectivity index (χ2n) is 5.77. The van der Waals surface area contributed by atoms with Crippen molar-refractivity contribution < 1.29 is 13.6 Å². The first-order valence-electron chi connectivity index (χ1n) is 7.81. The van der Waals surface area contributed by atoms with Gasteiger partial charge < -0.3 is 10.2 Å². The van der Waals surface area contributed by atoms with Crippen LogP contribution in [0.1, 0.15) is 15.9 Å². The van der Waals surface area contributed by atoms with Gasteiger partial charge >= 0.3 is 0 Å². The summed E-state index contributed by atoms with van der Waals surface area (Å²) >= 11 is 0. The molecule has 3 aromatic rings. The van der Waals surface area contributed by atoms with E-state index in [2.05, 4.69) is 15.3 Å². The molecule has 0 fully saturated rings. The summed E-state index contributed by atoms with van der Waals surface area (Å²) in [6.45, 7) is 1.86. The predicted molar refractivity (Wildman–Crippen MR) is 95.6 cm³/mol. The van der Waals surface area contributed by atoms with Gasteiger partial charge in [0.15, 0.2) is 11.6 Å². The van der Waals surface area contributed by atoms with Crippen molar-refractivity contribution in [2.24, 2.45) is 0 Å². The van der Waals surface area contributed by atoms with Gasteiger partial charge in [-0.05, 0) is 25.1 Å². The molecular weight excluding hydrogens is 338 g/mol. The van der Waals surface area contributed by atoms with E-state index in [4.69, 9.17) is 0 Å². The molecule has 0 aliphatic carbocycles. The van der Waals surface area contributed by atoms with Crippen molar-refractivity contribution in [3.8, 4) is 0 Å². The van der Waals surface area contributed by atoms with Crippen LogP contribution in [0.15, 0.2) is 55.1 Å². The molecule has 0 atom stereocenters. The Morgan fingerprint density at radius 3 is 2.54 bits per heavy atom. The van der Waals surface area contributed by atoms with E-state index in [0.717, 1.165) is 11.6 Å². The molecule has 0 aliphatic heterocycles. The summed E-state index contributed by atoms with van der Waals surface area (Å²) in [4.78, 5) is 21.5. The number of aryl methyl sites for hydroxylation is 1. The molecule has 0 aliphatic rings. The van der Waals surface area contributed by atoms with Gasteiger partial charge in [0.2, 0.25) is 0 Å². The maximum absolute atomic E-state index is 14.3. The maximum atomic E-state index is 14.3. The third-order valence-corrected chi connectivity index (χ3v) is 3.84. The summed E-state index contributed by atoms with van der Waals surface area (Å²) in [6, 6.07) is 9.29. The first kappa shape index (κ1) is 17.5. The molecule has 26 heavy (non-hydrogen) atoms. The first-order valence-corrected chi connectivity index (χ1v) is 7.81. The van der Waals surface area contributed by atoms with E-state index in [1.165, 1.54) is 29.7 Å². The molecule has 0 saturated heterocycles. The first-order chi connectivity index (χ1) is 12.5. The predicted octanol–water partition coefficient (Wildman–Crippen LogP) is 4.08. The topological polar surface area (TPSA) is 58.1 Å². The highest BCUT2D eigenvalue weighted by atomic mass is 19.2. The zero-order valence-electron chi connectivity index (χ0n) is 14.2. The third-order valence-electron chi connectivity index (χ3n) is 3.84. The SMILES string of the molecule is Cc1cccc(C(=O)Nc2cc(F)c(F)c(N(C)c3cncnc3)c2)c1. The van der Waals surface area contributed by atoms with Gasteiger partial charge in [-0.25, -0.2) is 18.7 Å².